The number of fused-ring (bicyclic) bond motifs is 3. The van der Waals surface area contributed by atoms with Gasteiger partial charge in [0.15, 0.2) is 5.65 Å². The van der Waals surface area contributed by atoms with Gasteiger partial charge in [0.05, 0.1) is 31.5 Å². The Morgan fingerprint density at radius 2 is 2.11 bits per heavy atom. The van der Waals surface area contributed by atoms with Crippen molar-refractivity contribution in [2.24, 2.45) is 4.99 Å². The van der Waals surface area contributed by atoms with Crippen molar-refractivity contribution in [2.45, 2.75) is 45.0 Å². The van der Waals surface area contributed by atoms with Gasteiger partial charge in [-0.3, -0.25) is 4.79 Å². The quantitative estimate of drug-likeness (QED) is 0.413. The third-order valence-corrected chi connectivity index (χ3v) is 5.99. The number of nitrogens with zero attached hydrogens (tertiary/aromatic N) is 5. The highest BCUT2D eigenvalue weighted by Crippen LogP contribution is 2.46. The lowest BCUT2D eigenvalue weighted by atomic mass is 9.88. The van der Waals surface area contributed by atoms with Gasteiger partial charge in [-0.15, -0.1) is 0 Å². The standard InChI is InChI=1S/C24H26F2N6O3/c1-7-27-22(34-5)18-13(20(25)26)9-16(30-23(18)35-6)29-21(33)14-10-24(3,4)19-15(14)11-28-17-8-12(2)31-32(17)19/h7-9,11,14,20H,1,10H2,2-6H3,(H,29,30,33). The van der Waals surface area contributed by atoms with Crippen LogP contribution in [0.25, 0.3) is 5.65 Å². The summed E-state index contributed by atoms with van der Waals surface area (Å²) >= 11 is 0. The molecule has 1 amide bonds. The summed E-state index contributed by atoms with van der Waals surface area (Å²) in [6.45, 7) is 9.42. The van der Waals surface area contributed by atoms with Gasteiger partial charge < -0.3 is 14.8 Å². The lowest BCUT2D eigenvalue weighted by Crippen LogP contribution is -2.23. The Bertz CT molecular complexity index is 1350. The number of carbonyl (C=O) groups excluding carboxylic acids is 1. The van der Waals surface area contributed by atoms with Crippen LogP contribution in [-0.2, 0) is 14.9 Å². The normalized spacial score (nSPS) is 16.9. The molecule has 0 aliphatic heterocycles. The lowest BCUT2D eigenvalue weighted by molar-refractivity contribution is -0.117. The summed E-state index contributed by atoms with van der Waals surface area (Å²) in [5, 5.41) is 7.22. The minimum Gasteiger partial charge on any atom is -0.480 e. The Balaban J connectivity index is 1.74. The van der Waals surface area contributed by atoms with E-state index in [9.17, 15) is 13.6 Å². The van der Waals surface area contributed by atoms with Gasteiger partial charge in [0.2, 0.25) is 17.7 Å². The average Bonchev–Trinajstić information content (AvgIpc) is 3.32. The number of ether oxygens (including phenoxy) is 2. The average molecular weight is 485 g/mol. The molecule has 1 unspecified atom stereocenters. The SMILES string of the molecule is C=CN=C(OC)c1c(C(F)F)cc(NC(=O)C2CC(C)(C)c3c2cnc2cc(C)nn32)nc1OC. The molecule has 3 heterocycles. The molecule has 0 saturated carbocycles. The number of alkyl halides is 2. The highest BCUT2D eigenvalue weighted by molar-refractivity contribution is 6.00. The summed E-state index contributed by atoms with van der Waals surface area (Å²) in [5.41, 5.74) is 2.23. The third kappa shape index (κ3) is 4.22. The highest BCUT2D eigenvalue weighted by atomic mass is 19.3. The second-order valence-corrected chi connectivity index (χ2v) is 8.85. The van der Waals surface area contributed by atoms with Crippen LogP contribution >= 0.6 is 0 Å². The molecule has 11 heteroatoms. The van der Waals surface area contributed by atoms with Crippen LogP contribution in [0.3, 0.4) is 0 Å². The first-order valence-corrected chi connectivity index (χ1v) is 10.9. The number of rotatable bonds is 6. The molecule has 0 fully saturated rings. The van der Waals surface area contributed by atoms with Crippen molar-refractivity contribution in [3.63, 3.8) is 0 Å². The maximum absolute atomic E-state index is 14.0. The minimum absolute atomic E-state index is 0.0739. The van der Waals surface area contributed by atoms with E-state index in [1.807, 2.05) is 26.8 Å². The summed E-state index contributed by atoms with van der Waals surface area (Å²) < 4.78 is 40.1. The van der Waals surface area contributed by atoms with Crippen molar-refractivity contribution < 1.29 is 23.0 Å². The van der Waals surface area contributed by atoms with Crippen LogP contribution in [0, 0.1) is 6.92 Å². The number of hydrogen-bond acceptors (Lipinski definition) is 7. The molecule has 1 aliphatic rings. The van der Waals surface area contributed by atoms with E-state index in [0.717, 1.165) is 29.2 Å². The van der Waals surface area contributed by atoms with Crippen LogP contribution in [0.2, 0.25) is 0 Å². The molecule has 0 bridgehead atoms. The number of aliphatic imine (C=N–C) groups is 1. The topological polar surface area (TPSA) is 103 Å². The Morgan fingerprint density at radius 3 is 2.74 bits per heavy atom. The largest absolute Gasteiger partial charge is 0.480 e. The lowest BCUT2D eigenvalue weighted by Gasteiger charge is -2.19. The molecule has 4 rings (SSSR count). The van der Waals surface area contributed by atoms with Crippen LogP contribution in [0.5, 0.6) is 5.88 Å². The van der Waals surface area contributed by atoms with Crippen LogP contribution in [0.4, 0.5) is 14.6 Å². The molecule has 3 aromatic heterocycles. The molecule has 0 saturated heterocycles. The number of nitrogens with one attached hydrogen (secondary N) is 1. The third-order valence-electron chi connectivity index (χ3n) is 5.99. The Hall–Kier alpha value is -3.89. The van der Waals surface area contributed by atoms with E-state index in [4.69, 9.17) is 9.47 Å². The van der Waals surface area contributed by atoms with E-state index in [0.29, 0.717) is 12.1 Å². The molecule has 0 aromatic carbocycles. The van der Waals surface area contributed by atoms with Gasteiger partial charge in [0.25, 0.3) is 6.43 Å². The van der Waals surface area contributed by atoms with Crippen LogP contribution < -0.4 is 10.1 Å². The van der Waals surface area contributed by atoms with Crippen molar-refractivity contribution in [1.29, 1.82) is 0 Å². The van der Waals surface area contributed by atoms with Crippen LogP contribution in [0.15, 0.2) is 36.1 Å². The number of anilines is 1. The fourth-order valence-corrected chi connectivity index (χ4v) is 4.60. The second kappa shape index (κ2) is 9.05. The fourth-order valence-electron chi connectivity index (χ4n) is 4.60. The van der Waals surface area contributed by atoms with Crippen molar-refractivity contribution >= 4 is 23.3 Å². The van der Waals surface area contributed by atoms with Gasteiger partial charge in [-0.2, -0.15) is 10.1 Å². The molecule has 0 radical (unpaired) electrons. The van der Waals surface area contributed by atoms with E-state index in [1.165, 1.54) is 14.2 Å². The minimum atomic E-state index is -2.91. The van der Waals surface area contributed by atoms with Crippen molar-refractivity contribution in [2.75, 3.05) is 19.5 Å². The predicted octanol–water partition coefficient (Wildman–Crippen LogP) is 4.32. The van der Waals surface area contributed by atoms with Crippen LogP contribution in [0.1, 0.15) is 60.7 Å². The summed E-state index contributed by atoms with van der Waals surface area (Å²) in [7, 11) is 2.57. The number of carbonyl (C=O) groups is 1. The fraction of sp³-hybridized carbons (Fsp3) is 0.375. The zero-order chi connectivity index (χ0) is 25.5. The summed E-state index contributed by atoms with van der Waals surface area (Å²) in [6.07, 6.45) is 0.428. The van der Waals surface area contributed by atoms with E-state index in [-0.39, 0.29) is 28.6 Å². The molecule has 0 spiro atoms. The van der Waals surface area contributed by atoms with Gasteiger partial charge in [-0.05, 0) is 19.4 Å². The second-order valence-electron chi connectivity index (χ2n) is 8.85. The Labute approximate surface area is 200 Å². The molecular formula is C24H26F2N6O3. The number of pyridine rings is 1. The number of halogens is 2. The van der Waals surface area contributed by atoms with E-state index in [2.05, 4.69) is 32.0 Å². The van der Waals surface area contributed by atoms with Crippen LogP contribution in [-0.4, -0.2) is 45.6 Å². The van der Waals surface area contributed by atoms with Gasteiger partial charge in [0, 0.05) is 35.0 Å². The molecule has 1 atom stereocenters. The molecule has 3 aromatic rings. The zero-order valence-corrected chi connectivity index (χ0v) is 20.1. The molecule has 1 aliphatic carbocycles. The van der Waals surface area contributed by atoms with Crippen molar-refractivity contribution in [3.05, 3.63) is 59.2 Å². The number of methoxy groups -OCH3 is 2. The predicted molar refractivity (Wildman–Crippen MR) is 126 cm³/mol. The molecule has 184 valence electrons. The zero-order valence-electron chi connectivity index (χ0n) is 20.1. The number of aromatic nitrogens is 4. The maximum Gasteiger partial charge on any atom is 0.264 e. The monoisotopic (exact) mass is 484 g/mol. The van der Waals surface area contributed by atoms with Gasteiger partial charge >= 0.3 is 0 Å². The molecular weight excluding hydrogens is 458 g/mol. The first-order chi connectivity index (χ1) is 16.6. The van der Waals surface area contributed by atoms with E-state index < -0.39 is 23.8 Å². The van der Waals surface area contributed by atoms with Gasteiger partial charge in [-0.1, -0.05) is 20.4 Å². The van der Waals surface area contributed by atoms with E-state index >= 15 is 0 Å². The summed E-state index contributed by atoms with van der Waals surface area (Å²) in [4.78, 5) is 25.9. The summed E-state index contributed by atoms with van der Waals surface area (Å²) in [5.74, 6) is -1.33. The molecule has 9 nitrogen and oxygen atoms in total. The first-order valence-electron chi connectivity index (χ1n) is 10.9. The Kier molecular flexibility index (Phi) is 6.27. The smallest absolute Gasteiger partial charge is 0.264 e. The number of hydrogen-bond donors (Lipinski definition) is 1. The highest BCUT2D eigenvalue weighted by Gasteiger charge is 2.43. The van der Waals surface area contributed by atoms with Crippen molar-refractivity contribution in [1.82, 2.24) is 19.6 Å². The van der Waals surface area contributed by atoms with Gasteiger partial charge in [-0.25, -0.2) is 23.3 Å². The summed E-state index contributed by atoms with van der Waals surface area (Å²) in [6, 6.07) is 2.97. The number of aryl methyl sites for hydroxylation is 1. The first kappa shape index (κ1) is 24.2. The molecule has 1 N–H and O–H groups in total. The number of amides is 1. The Morgan fingerprint density at radius 1 is 1.37 bits per heavy atom. The van der Waals surface area contributed by atoms with Crippen molar-refractivity contribution in [3.8, 4) is 5.88 Å². The molecule has 35 heavy (non-hydrogen) atoms. The van der Waals surface area contributed by atoms with Gasteiger partial charge in [0.1, 0.15) is 11.4 Å². The van der Waals surface area contributed by atoms with E-state index in [1.54, 1.807) is 10.7 Å². The maximum atomic E-state index is 14.0.